The van der Waals surface area contributed by atoms with Gasteiger partial charge in [0.1, 0.15) is 11.6 Å². The lowest BCUT2D eigenvalue weighted by atomic mass is 10.1. The summed E-state index contributed by atoms with van der Waals surface area (Å²) in [5.41, 5.74) is 7.79. The van der Waals surface area contributed by atoms with Gasteiger partial charge < -0.3 is 10.5 Å². The molecule has 0 saturated carbocycles. The van der Waals surface area contributed by atoms with Crippen molar-refractivity contribution >= 4 is 5.84 Å². The SMILES string of the molecule is COc1cc(C)ccc1C(N)=NC(C)(C)C. The molecule has 0 fully saturated rings. The van der Waals surface area contributed by atoms with Gasteiger partial charge in [-0.2, -0.15) is 0 Å². The topological polar surface area (TPSA) is 47.6 Å². The van der Waals surface area contributed by atoms with Gasteiger partial charge in [-0.05, 0) is 45.4 Å². The summed E-state index contributed by atoms with van der Waals surface area (Å²) in [5.74, 6) is 1.29. The largest absolute Gasteiger partial charge is 0.496 e. The average molecular weight is 220 g/mol. The van der Waals surface area contributed by atoms with E-state index in [-0.39, 0.29) is 5.54 Å². The summed E-state index contributed by atoms with van der Waals surface area (Å²) in [6.07, 6.45) is 0. The summed E-state index contributed by atoms with van der Waals surface area (Å²) in [6, 6.07) is 5.90. The van der Waals surface area contributed by atoms with Gasteiger partial charge in [-0.1, -0.05) is 6.07 Å². The van der Waals surface area contributed by atoms with E-state index in [2.05, 4.69) is 4.99 Å². The lowest BCUT2D eigenvalue weighted by Gasteiger charge is -2.15. The van der Waals surface area contributed by atoms with Crippen molar-refractivity contribution in [2.24, 2.45) is 10.7 Å². The predicted octanol–water partition coefficient (Wildman–Crippen LogP) is 2.51. The highest BCUT2D eigenvalue weighted by Gasteiger charge is 2.12. The van der Waals surface area contributed by atoms with E-state index in [0.717, 1.165) is 16.9 Å². The van der Waals surface area contributed by atoms with Gasteiger partial charge in [0, 0.05) is 0 Å². The number of aryl methyl sites for hydroxylation is 1. The number of hydrogen-bond donors (Lipinski definition) is 1. The maximum absolute atomic E-state index is 5.98. The van der Waals surface area contributed by atoms with E-state index < -0.39 is 0 Å². The minimum Gasteiger partial charge on any atom is -0.496 e. The van der Waals surface area contributed by atoms with Gasteiger partial charge in [0.05, 0.1) is 18.2 Å². The number of methoxy groups -OCH3 is 1. The molecule has 3 heteroatoms. The third kappa shape index (κ3) is 3.26. The van der Waals surface area contributed by atoms with Crippen LogP contribution in [0.3, 0.4) is 0 Å². The molecule has 16 heavy (non-hydrogen) atoms. The van der Waals surface area contributed by atoms with E-state index in [1.165, 1.54) is 0 Å². The molecule has 0 aliphatic heterocycles. The van der Waals surface area contributed by atoms with Gasteiger partial charge in [-0.25, -0.2) is 0 Å². The Morgan fingerprint density at radius 3 is 2.44 bits per heavy atom. The number of amidine groups is 1. The normalized spacial score (nSPS) is 12.7. The molecular formula is C13H20N2O. The lowest BCUT2D eigenvalue weighted by Crippen LogP contribution is -2.21. The van der Waals surface area contributed by atoms with E-state index in [0.29, 0.717) is 5.84 Å². The Labute approximate surface area is 97.3 Å². The Kier molecular flexibility index (Phi) is 3.58. The molecular weight excluding hydrogens is 200 g/mol. The molecule has 0 aromatic heterocycles. The highest BCUT2D eigenvalue weighted by atomic mass is 16.5. The van der Waals surface area contributed by atoms with Crippen molar-refractivity contribution in [3.05, 3.63) is 29.3 Å². The second-order valence-corrected chi connectivity index (χ2v) is 4.87. The van der Waals surface area contributed by atoms with E-state index in [4.69, 9.17) is 10.5 Å². The second-order valence-electron chi connectivity index (χ2n) is 4.87. The smallest absolute Gasteiger partial charge is 0.130 e. The van der Waals surface area contributed by atoms with Gasteiger partial charge in [0.25, 0.3) is 0 Å². The number of hydrogen-bond acceptors (Lipinski definition) is 2. The minimum atomic E-state index is -0.181. The van der Waals surface area contributed by atoms with Crippen LogP contribution in [0.25, 0.3) is 0 Å². The van der Waals surface area contributed by atoms with Crippen molar-refractivity contribution in [3.63, 3.8) is 0 Å². The third-order valence-electron chi connectivity index (χ3n) is 2.09. The zero-order valence-corrected chi connectivity index (χ0v) is 10.7. The molecule has 0 spiro atoms. The number of nitrogens with two attached hydrogens (primary N) is 1. The maximum atomic E-state index is 5.98. The van der Waals surface area contributed by atoms with Crippen LogP contribution in [0.2, 0.25) is 0 Å². The lowest BCUT2D eigenvalue weighted by molar-refractivity contribution is 0.413. The van der Waals surface area contributed by atoms with E-state index in [1.807, 2.05) is 45.9 Å². The van der Waals surface area contributed by atoms with Crippen LogP contribution in [-0.4, -0.2) is 18.5 Å². The number of rotatable bonds is 2. The van der Waals surface area contributed by atoms with Gasteiger partial charge in [-0.15, -0.1) is 0 Å². The van der Waals surface area contributed by atoms with Crippen molar-refractivity contribution in [1.29, 1.82) is 0 Å². The molecule has 2 N–H and O–H groups in total. The van der Waals surface area contributed by atoms with E-state index in [1.54, 1.807) is 7.11 Å². The van der Waals surface area contributed by atoms with Gasteiger partial charge in [-0.3, -0.25) is 4.99 Å². The molecule has 0 aliphatic carbocycles. The minimum absolute atomic E-state index is 0.181. The Bertz CT molecular complexity index is 403. The molecule has 0 aliphatic rings. The summed E-state index contributed by atoms with van der Waals surface area (Å²) in [4.78, 5) is 4.43. The molecule has 88 valence electrons. The summed E-state index contributed by atoms with van der Waals surface area (Å²) in [6.45, 7) is 8.06. The van der Waals surface area contributed by atoms with Crippen LogP contribution < -0.4 is 10.5 Å². The van der Waals surface area contributed by atoms with Gasteiger partial charge >= 0.3 is 0 Å². The highest BCUT2D eigenvalue weighted by Crippen LogP contribution is 2.20. The van der Waals surface area contributed by atoms with Crippen LogP contribution >= 0.6 is 0 Å². The molecule has 0 bridgehead atoms. The monoisotopic (exact) mass is 220 g/mol. The number of nitrogens with zero attached hydrogens (tertiary/aromatic N) is 1. The summed E-state index contributed by atoms with van der Waals surface area (Å²) in [5, 5.41) is 0. The van der Waals surface area contributed by atoms with Crippen molar-refractivity contribution < 1.29 is 4.74 Å². The Morgan fingerprint density at radius 1 is 1.31 bits per heavy atom. The van der Waals surface area contributed by atoms with Crippen molar-refractivity contribution in [3.8, 4) is 5.75 Å². The molecule has 3 nitrogen and oxygen atoms in total. The quantitative estimate of drug-likeness (QED) is 0.615. The highest BCUT2D eigenvalue weighted by molar-refractivity contribution is 6.00. The Hall–Kier alpha value is -1.51. The zero-order valence-electron chi connectivity index (χ0n) is 10.7. The summed E-state index contributed by atoms with van der Waals surface area (Å²) in [7, 11) is 1.64. The first-order valence-corrected chi connectivity index (χ1v) is 5.34. The zero-order chi connectivity index (χ0) is 12.3. The molecule has 1 rings (SSSR count). The summed E-state index contributed by atoms with van der Waals surface area (Å²) < 4.78 is 5.30. The summed E-state index contributed by atoms with van der Waals surface area (Å²) >= 11 is 0. The molecule has 0 radical (unpaired) electrons. The number of ether oxygens (including phenoxy) is 1. The van der Waals surface area contributed by atoms with Crippen LogP contribution in [0.15, 0.2) is 23.2 Å². The molecule has 0 saturated heterocycles. The van der Waals surface area contributed by atoms with Crippen LogP contribution in [0.5, 0.6) is 5.75 Å². The first-order valence-electron chi connectivity index (χ1n) is 5.34. The van der Waals surface area contributed by atoms with Crippen molar-refractivity contribution in [2.75, 3.05) is 7.11 Å². The van der Waals surface area contributed by atoms with Crippen LogP contribution in [0, 0.1) is 6.92 Å². The van der Waals surface area contributed by atoms with Crippen LogP contribution in [0.1, 0.15) is 31.9 Å². The molecule has 1 aromatic carbocycles. The molecule has 0 amide bonds. The second kappa shape index (κ2) is 4.56. The Morgan fingerprint density at radius 2 is 1.94 bits per heavy atom. The number of benzene rings is 1. The van der Waals surface area contributed by atoms with Crippen LogP contribution in [-0.2, 0) is 0 Å². The average Bonchev–Trinajstić information content (AvgIpc) is 2.14. The van der Waals surface area contributed by atoms with Gasteiger partial charge in [0.2, 0.25) is 0 Å². The molecule has 0 atom stereocenters. The fraction of sp³-hybridized carbons (Fsp3) is 0.462. The van der Waals surface area contributed by atoms with E-state index >= 15 is 0 Å². The van der Waals surface area contributed by atoms with Crippen molar-refractivity contribution in [2.45, 2.75) is 33.2 Å². The van der Waals surface area contributed by atoms with E-state index in [9.17, 15) is 0 Å². The maximum Gasteiger partial charge on any atom is 0.130 e. The van der Waals surface area contributed by atoms with Crippen LogP contribution in [0.4, 0.5) is 0 Å². The number of aliphatic imine (C=N–C) groups is 1. The Balaban J connectivity index is 3.18. The molecule has 1 aromatic rings. The fourth-order valence-electron chi connectivity index (χ4n) is 1.43. The predicted molar refractivity (Wildman–Crippen MR) is 68.2 cm³/mol. The first-order chi connectivity index (χ1) is 7.33. The molecule has 0 unspecified atom stereocenters. The standard InChI is InChI=1S/C13H20N2O/c1-9-6-7-10(11(8-9)16-5)12(14)15-13(2,3)4/h6-8H,1-5H3,(H2,14,15). The third-order valence-corrected chi connectivity index (χ3v) is 2.09. The van der Waals surface area contributed by atoms with Crippen molar-refractivity contribution in [1.82, 2.24) is 0 Å². The van der Waals surface area contributed by atoms with Gasteiger partial charge in [0.15, 0.2) is 0 Å². The molecule has 0 heterocycles. The fourth-order valence-corrected chi connectivity index (χ4v) is 1.43. The first kappa shape index (κ1) is 12.6.